The summed E-state index contributed by atoms with van der Waals surface area (Å²) in [5, 5.41) is 11.5. The lowest BCUT2D eigenvalue weighted by atomic mass is 9.87. The first-order valence-corrected chi connectivity index (χ1v) is 12.7. The Labute approximate surface area is 198 Å². The molecule has 1 aromatic heterocycles. The predicted molar refractivity (Wildman–Crippen MR) is 124 cm³/mol. The molecule has 0 bridgehead atoms. The topological polar surface area (TPSA) is 79.6 Å². The Bertz CT molecular complexity index is 1130. The summed E-state index contributed by atoms with van der Waals surface area (Å²) in [5.74, 6) is 1.72. The van der Waals surface area contributed by atoms with Gasteiger partial charge in [-0.05, 0) is 36.8 Å². The van der Waals surface area contributed by atoms with Crippen molar-refractivity contribution in [2.24, 2.45) is 17.8 Å². The van der Waals surface area contributed by atoms with Crippen molar-refractivity contribution in [2.75, 3.05) is 37.6 Å². The maximum Gasteiger partial charge on any atom is 0.416 e. The van der Waals surface area contributed by atoms with Crippen molar-refractivity contribution < 1.29 is 18.1 Å². The SMILES string of the molecule is O=c1nc(N2CC3CN(CCC4CCCCC4)CC3C2)sc2c([N+](=O)[O-])cc(C(F)(F)F)cc12. The highest BCUT2D eigenvalue weighted by atomic mass is 32.1. The van der Waals surface area contributed by atoms with Gasteiger partial charge in [0, 0.05) is 32.2 Å². The average molecular weight is 497 g/mol. The van der Waals surface area contributed by atoms with Crippen LogP contribution < -0.4 is 10.5 Å². The Kier molecular flexibility index (Phi) is 6.26. The van der Waals surface area contributed by atoms with Crippen LogP contribution in [0.15, 0.2) is 16.9 Å². The van der Waals surface area contributed by atoms with Crippen LogP contribution in [0.2, 0.25) is 0 Å². The number of hydrogen-bond acceptors (Lipinski definition) is 7. The third kappa shape index (κ3) is 4.64. The van der Waals surface area contributed by atoms with E-state index in [1.807, 2.05) is 4.90 Å². The number of likely N-dealkylation sites (tertiary alicyclic amines) is 1. The van der Waals surface area contributed by atoms with Crippen molar-refractivity contribution in [1.82, 2.24) is 9.88 Å². The zero-order valence-corrected chi connectivity index (χ0v) is 19.5. The van der Waals surface area contributed by atoms with Crippen LogP contribution in [-0.2, 0) is 6.18 Å². The molecule has 0 spiro atoms. The molecule has 0 amide bonds. The van der Waals surface area contributed by atoms with Gasteiger partial charge in [-0.3, -0.25) is 14.9 Å². The van der Waals surface area contributed by atoms with Gasteiger partial charge in [0.15, 0.2) is 5.13 Å². The minimum atomic E-state index is -4.79. The summed E-state index contributed by atoms with van der Waals surface area (Å²) in [6.07, 6.45) is 3.21. The van der Waals surface area contributed by atoms with Crippen molar-refractivity contribution in [3.05, 3.63) is 38.2 Å². The fourth-order valence-corrected chi connectivity index (χ4v) is 6.93. The molecule has 3 fully saturated rings. The summed E-state index contributed by atoms with van der Waals surface area (Å²) in [7, 11) is 0. The maximum absolute atomic E-state index is 13.2. The molecule has 0 radical (unpaired) electrons. The molecule has 2 saturated heterocycles. The maximum atomic E-state index is 13.2. The van der Waals surface area contributed by atoms with Gasteiger partial charge in [-0.25, -0.2) is 0 Å². The van der Waals surface area contributed by atoms with Crippen molar-refractivity contribution in [3.63, 3.8) is 0 Å². The van der Waals surface area contributed by atoms with Gasteiger partial charge in [-0.1, -0.05) is 43.4 Å². The van der Waals surface area contributed by atoms with Gasteiger partial charge in [0.05, 0.1) is 15.9 Å². The van der Waals surface area contributed by atoms with Crippen LogP contribution >= 0.6 is 11.3 Å². The van der Waals surface area contributed by atoms with Crippen LogP contribution in [0, 0.1) is 27.9 Å². The standard InChI is InChI=1S/C23H27F3N4O3S/c24-23(25,26)17-8-18-20(19(9-17)30(32)33)34-22(27-21(18)31)29-12-15-10-28(11-16(15)13-29)7-6-14-4-2-1-3-5-14/h8-9,14-16H,1-7,10-13H2. The summed E-state index contributed by atoms with van der Waals surface area (Å²) in [6, 6.07) is 1.17. The molecule has 11 heteroatoms. The molecular weight excluding hydrogens is 469 g/mol. The predicted octanol–water partition coefficient (Wildman–Crippen LogP) is 4.92. The van der Waals surface area contributed by atoms with Crippen LogP contribution in [0.1, 0.15) is 44.1 Å². The van der Waals surface area contributed by atoms with Crippen molar-refractivity contribution >= 4 is 32.2 Å². The number of nitrogens with zero attached hydrogens (tertiary/aromatic N) is 4. The second kappa shape index (κ2) is 9.07. The first-order valence-electron chi connectivity index (χ1n) is 11.9. The van der Waals surface area contributed by atoms with Crippen LogP contribution in [0.5, 0.6) is 0 Å². The number of fused-ring (bicyclic) bond motifs is 2. The van der Waals surface area contributed by atoms with E-state index in [1.165, 1.54) is 38.5 Å². The lowest BCUT2D eigenvalue weighted by Gasteiger charge is -2.25. The summed E-state index contributed by atoms with van der Waals surface area (Å²) < 4.78 is 39.5. The van der Waals surface area contributed by atoms with Gasteiger partial charge < -0.3 is 9.80 Å². The first kappa shape index (κ1) is 23.5. The number of rotatable bonds is 5. The van der Waals surface area contributed by atoms with E-state index in [0.29, 0.717) is 42.2 Å². The van der Waals surface area contributed by atoms with Crippen molar-refractivity contribution in [2.45, 2.75) is 44.7 Å². The number of aromatic nitrogens is 1. The molecule has 0 N–H and O–H groups in total. The first-order chi connectivity index (χ1) is 16.2. The summed E-state index contributed by atoms with van der Waals surface area (Å²) in [6.45, 7) is 4.50. The number of non-ortho nitro benzene ring substituents is 1. The van der Waals surface area contributed by atoms with E-state index >= 15 is 0 Å². The second-order valence-corrected chi connectivity index (χ2v) is 10.9. The monoisotopic (exact) mass is 496 g/mol. The van der Waals surface area contributed by atoms with Crippen LogP contribution in [-0.4, -0.2) is 47.5 Å². The normalized spacial score (nSPS) is 24.1. The minimum absolute atomic E-state index is 0.0563. The number of hydrogen-bond donors (Lipinski definition) is 0. The van der Waals surface area contributed by atoms with Gasteiger partial charge in [0.2, 0.25) is 0 Å². The quantitative estimate of drug-likeness (QED) is 0.432. The van der Waals surface area contributed by atoms with Crippen LogP contribution in [0.4, 0.5) is 24.0 Å². The number of nitro groups is 1. The third-order valence-electron chi connectivity index (χ3n) is 7.63. The van der Waals surface area contributed by atoms with Gasteiger partial charge in [0.1, 0.15) is 4.70 Å². The number of nitro benzene ring substituents is 1. The van der Waals surface area contributed by atoms with Gasteiger partial charge in [-0.15, -0.1) is 0 Å². The lowest BCUT2D eigenvalue weighted by molar-refractivity contribution is -0.383. The highest BCUT2D eigenvalue weighted by Gasteiger charge is 2.41. The van der Waals surface area contributed by atoms with Crippen molar-refractivity contribution in [1.29, 1.82) is 0 Å². The Hall–Kier alpha value is -2.27. The third-order valence-corrected chi connectivity index (χ3v) is 8.79. The Morgan fingerprint density at radius 2 is 1.76 bits per heavy atom. The number of halogens is 3. The lowest BCUT2D eigenvalue weighted by Crippen LogP contribution is -2.31. The Morgan fingerprint density at radius 1 is 1.09 bits per heavy atom. The number of benzene rings is 1. The molecule has 3 heterocycles. The molecule has 2 aromatic rings. The molecule has 5 rings (SSSR count). The molecule has 1 saturated carbocycles. The van der Waals surface area contributed by atoms with Crippen molar-refractivity contribution in [3.8, 4) is 0 Å². The van der Waals surface area contributed by atoms with Crippen LogP contribution in [0.25, 0.3) is 10.1 Å². The van der Waals surface area contributed by atoms with E-state index in [2.05, 4.69) is 9.88 Å². The van der Waals surface area contributed by atoms with E-state index in [4.69, 9.17) is 0 Å². The highest BCUT2D eigenvalue weighted by molar-refractivity contribution is 7.22. The van der Waals surface area contributed by atoms with Gasteiger partial charge in [0.25, 0.3) is 11.2 Å². The zero-order chi connectivity index (χ0) is 24.0. The van der Waals surface area contributed by atoms with E-state index in [1.54, 1.807) is 0 Å². The van der Waals surface area contributed by atoms with Crippen LogP contribution in [0.3, 0.4) is 0 Å². The highest BCUT2D eigenvalue weighted by Crippen LogP contribution is 2.40. The van der Waals surface area contributed by atoms with E-state index in [-0.39, 0.29) is 10.1 Å². The summed E-state index contributed by atoms with van der Waals surface area (Å²) >= 11 is 0.933. The summed E-state index contributed by atoms with van der Waals surface area (Å²) in [4.78, 5) is 31.8. The van der Waals surface area contributed by atoms with E-state index < -0.39 is 27.9 Å². The summed E-state index contributed by atoms with van der Waals surface area (Å²) in [5.41, 5.74) is -2.78. The molecule has 2 atom stereocenters. The molecule has 34 heavy (non-hydrogen) atoms. The van der Waals surface area contributed by atoms with E-state index in [9.17, 15) is 28.1 Å². The average Bonchev–Trinajstić information content (AvgIpc) is 3.36. The molecule has 2 unspecified atom stereocenters. The molecule has 7 nitrogen and oxygen atoms in total. The van der Waals surface area contributed by atoms with Gasteiger partial charge in [-0.2, -0.15) is 18.2 Å². The van der Waals surface area contributed by atoms with E-state index in [0.717, 1.165) is 36.9 Å². The molecule has 3 aliphatic rings. The Balaban J connectivity index is 1.32. The molecule has 184 valence electrons. The van der Waals surface area contributed by atoms with Gasteiger partial charge >= 0.3 is 6.18 Å². The smallest absolute Gasteiger partial charge is 0.347 e. The largest absolute Gasteiger partial charge is 0.416 e. The molecule has 2 aliphatic heterocycles. The molecule has 1 aromatic carbocycles. The minimum Gasteiger partial charge on any atom is -0.347 e. The Morgan fingerprint density at radius 3 is 2.38 bits per heavy atom. The fraction of sp³-hybridized carbons (Fsp3) is 0.652. The molecular formula is C23H27F3N4O3S. The fourth-order valence-electron chi connectivity index (χ4n) is 5.85. The molecule has 1 aliphatic carbocycles. The zero-order valence-electron chi connectivity index (χ0n) is 18.7. The second-order valence-electron chi connectivity index (χ2n) is 9.91. The number of alkyl halides is 3. The number of anilines is 1.